The van der Waals surface area contributed by atoms with Gasteiger partial charge in [-0.2, -0.15) is 5.10 Å². The Morgan fingerprint density at radius 2 is 2.10 bits per heavy atom. The lowest BCUT2D eigenvalue weighted by molar-refractivity contribution is -0.121. The van der Waals surface area contributed by atoms with Crippen molar-refractivity contribution in [3.8, 4) is 0 Å². The molecule has 0 spiro atoms. The Morgan fingerprint density at radius 3 is 2.67 bits per heavy atom. The predicted octanol–water partition coefficient (Wildman–Crippen LogP) is 0.762. The second kappa shape index (κ2) is 6.66. The number of hydrogen-bond donors (Lipinski definition) is 2. The molecule has 0 aromatic carbocycles. The van der Waals surface area contributed by atoms with E-state index in [-0.39, 0.29) is 5.91 Å². The Bertz CT molecular complexity index is 633. The Kier molecular flexibility index (Phi) is 4.89. The Hall–Kier alpha value is -1.96. The normalized spacial score (nSPS) is 10.8. The maximum atomic E-state index is 11.8. The molecule has 0 unspecified atom stereocenters. The van der Waals surface area contributed by atoms with Gasteiger partial charge in [-0.1, -0.05) is 11.3 Å². The number of amides is 1. The van der Waals surface area contributed by atoms with E-state index in [1.54, 1.807) is 0 Å². The highest BCUT2D eigenvalue weighted by Gasteiger charge is 2.11. The van der Waals surface area contributed by atoms with Crippen molar-refractivity contribution >= 4 is 22.4 Å². The van der Waals surface area contributed by atoms with Gasteiger partial charge in [-0.25, -0.2) is 0 Å². The van der Waals surface area contributed by atoms with Crippen molar-refractivity contribution in [1.29, 1.82) is 0 Å². The number of hydrogen-bond acceptors (Lipinski definition) is 6. The van der Waals surface area contributed by atoms with E-state index in [0.29, 0.717) is 30.9 Å². The minimum Gasteiger partial charge on any atom is -0.374 e. The van der Waals surface area contributed by atoms with Crippen molar-refractivity contribution in [1.82, 2.24) is 25.3 Å². The van der Waals surface area contributed by atoms with Gasteiger partial charge in [0.05, 0.1) is 5.69 Å². The predicted molar refractivity (Wildman–Crippen MR) is 82.0 cm³/mol. The molecular weight excluding hydrogens is 288 g/mol. The van der Waals surface area contributed by atoms with E-state index >= 15 is 0 Å². The summed E-state index contributed by atoms with van der Waals surface area (Å²) in [6, 6.07) is 0. The van der Waals surface area contributed by atoms with Gasteiger partial charge in [-0.05, 0) is 25.8 Å². The van der Waals surface area contributed by atoms with Crippen LogP contribution >= 0.6 is 11.3 Å². The van der Waals surface area contributed by atoms with Gasteiger partial charge >= 0.3 is 0 Å². The summed E-state index contributed by atoms with van der Waals surface area (Å²) in [6.07, 6.45) is 1.83. The number of carbonyl (C=O) groups is 1. The fraction of sp³-hybridized carbons (Fsp3) is 0.538. The van der Waals surface area contributed by atoms with Crippen LogP contribution in [0.5, 0.6) is 0 Å². The first kappa shape index (κ1) is 15.4. The molecule has 0 fully saturated rings. The molecule has 2 heterocycles. The van der Waals surface area contributed by atoms with E-state index in [1.165, 1.54) is 11.3 Å². The highest BCUT2D eigenvalue weighted by molar-refractivity contribution is 7.15. The molecule has 2 aromatic rings. The summed E-state index contributed by atoms with van der Waals surface area (Å²) in [6.45, 7) is 4.55. The molecule has 0 saturated carbocycles. The summed E-state index contributed by atoms with van der Waals surface area (Å²) >= 11 is 1.35. The molecule has 8 heteroatoms. The SMILES string of the molecule is Cc1nn(C)c(C)c1CCC(=O)NCCc1nnc(N)s1. The fourth-order valence-corrected chi connectivity index (χ4v) is 2.79. The van der Waals surface area contributed by atoms with Gasteiger partial charge in [0.1, 0.15) is 5.01 Å². The molecule has 7 nitrogen and oxygen atoms in total. The molecule has 0 atom stereocenters. The van der Waals surface area contributed by atoms with E-state index in [2.05, 4.69) is 20.6 Å². The standard InChI is InChI=1S/C13H20N6OS/c1-8-10(9(2)19(3)18-8)4-5-11(20)15-7-6-12-16-17-13(14)21-12/h4-7H2,1-3H3,(H2,14,17)(H,15,20). The lowest BCUT2D eigenvalue weighted by atomic mass is 10.1. The number of anilines is 1. The summed E-state index contributed by atoms with van der Waals surface area (Å²) in [5, 5.41) is 16.2. The molecule has 0 radical (unpaired) electrons. The van der Waals surface area contributed by atoms with Crippen molar-refractivity contribution < 1.29 is 4.79 Å². The van der Waals surface area contributed by atoms with Crippen LogP contribution in [0.1, 0.15) is 28.4 Å². The average molecular weight is 308 g/mol. The summed E-state index contributed by atoms with van der Waals surface area (Å²) < 4.78 is 1.85. The van der Waals surface area contributed by atoms with Crippen LogP contribution in [0, 0.1) is 13.8 Å². The van der Waals surface area contributed by atoms with E-state index in [4.69, 9.17) is 5.73 Å². The molecule has 21 heavy (non-hydrogen) atoms. The van der Waals surface area contributed by atoms with Crippen LogP contribution in [0.25, 0.3) is 0 Å². The molecule has 0 aliphatic heterocycles. The summed E-state index contributed by atoms with van der Waals surface area (Å²) in [5.74, 6) is 0.0372. The first-order valence-corrected chi connectivity index (χ1v) is 7.62. The monoisotopic (exact) mass is 308 g/mol. The molecule has 114 valence electrons. The van der Waals surface area contributed by atoms with Gasteiger partial charge in [0.15, 0.2) is 0 Å². The molecule has 0 bridgehead atoms. The maximum Gasteiger partial charge on any atom is 0.220 e. The molecule has 3 N–H and O–H groups in total. The zero-order valence-corrected chi connectivity index (χ0v) is 13.3. The van der Waals surface area contributed by atoms with Crippen LogP contribution in [-0.4, -0.2) is 32.4 Å². The number of nitrogens with zero attached hydrogens (tertiary/aromatic N) is 4. The van der Waals surface area contributed by atoms with Gasteiger partial charge in [0.25, 0.3) is 0 Å². The van der Waals surface area contributed by atoms with E-state index in [1.807, 2.05) is 25.6 Å². The quantitative estimate of drug-likeness (QED) is 0.821. The third-order valence-corrected chi connectivity index (χ3v) is 4.22. The third-order valence-electron chi connectivity index (χ3n) is 3.40. The van der Waals surface area contributed by atoms with Crippen molar-refractivity contribution in [2.45, 2.75) is 33.1 Å². The number of aromatic nitrogens is 4. The topological polar surface area (TPSA) is 98.7 Å². The first-order valence-electron chi connectivity index (χ1n) is 6.81. The van der Waals surface area contributed by atoms with E-state index in [9.17, 15) is 4.79 Å². The van der Waals surface area contributed by atoms with Crippen LogP contribution < -0.4 is 11.1 Å². The Balaban J connectivity index is 1.75. The maximum absolute atomic E-state index is 11.8. The van der Waals surface area contributed by atoms with Crippen molar-refractivity contribution in [2.75, 3.05) is 12.3 Å². The van der Waals surface area contributed by atoms with Gasteiger partial charge in [-0.15, -0.1) is 10.2 Å². The minimum atomic E-state index is 0.0372. The average Bonchev–Trinajstić information content (AvgIpc) is 2.93. The second-order valence-corrected chi connectivity index (χ2v) is 6.00. The lowest BCUT2D eigenvalue weighted by Crippen LogP contribution is -2.26. The number of nitrogen functional groups attached to an aromatic ring is 1. The summed E-state index contributed by atoms with van der Waals surface area (Å²) in [5.41, 5.74) is 8.77. The van der Waals surface area contributed by atoms with Crippen LogP contribution in [-0.2, 0) is 24.7 Å². The van der Waals surface area contributed by atoms with Gasteiger partial charge in [0.2, 0.25) is 11.0 Å². The summed E-state index contributed by atoms with van der Waals surface area (Å²) in [4.78, 5) is 11.8. The first-order chi connectivity index (χ1) is 9.97. The summed E-state index contributed by atoms with van der Waals surface area (Å²) in [7, 11) is 1.92. The highest BCUT2D eigenvalue weighted by atomic mass is 32.1. The van der Waals surface area contributed by atoms with Crippen molar-refractivity contribution in [3.05, 3.63) is 22.0 Å². The molecule has 0 saturated heterocycles. The molecule has 1 amide bonds. The highest BCUT2D eigenvalue weighted by Crippen LogP contribution is 2.14. The number of aryl methyl sites for hydroxylation is 2. The largest absolute Gasteiger partial charge is 0.374 e. The van der Waals surface area contributed by atoms with Crippen molar-refractivity contribution in [3.63, 3.8) is 0 Å². The van der Waals surface area contributed by atoms with Crippen LogP contribution in [0.2, 0.25) is 0 Å². The van der Waals surface area contributed by atoms with Gasteiger partial charge in [-0.3, -0.25) is 9.48 Å². The number of rotatable bonds is 6. The number of nitrogens with two attached hydrogens (primary N) is 1. The van der Waals surface area contributed by atoms with Crippen LogP contribution in [0.4, 0.5) is 5.13 Å². The van der Waals surface area contributed by atoms with E-state index in [0.717, 1.165) is 22.0 Å². The third kappa shape index (κ3) is 4.01. The van der Waals surface area contributed by atoms with Gasteiger partial charge < -0.3 is 11.1 Å². The molecular formula is C13H20N6OS. The second-order valence-electron chi connectivity index (χ2n) is 4.91. The number of nitrogens with one attached hydrogen (secondary N) is 1. The van der Waals surface area contributed by atoms with Crippen molar-refractivity contribution in [2.24, 2.45) is 7.05 Å². The molecule has 2 rings (SSSR count). The Labute approximate surface area is 127 Å². The molecule has 0 aliphatic carbocycles. The fourth-order valence-electron chi connectivity index (χ4n) is 2.18. The van der Waals surface area contributed by atoms with Gasteiger partial charge in [0, 0.05) is 32.1 Å². The molecule has 2 aromatic heterocycles. The molecule has 0 aliphatic rings. The zero-order valence-electron chi connectivity index (χ0n) is 12.5. The van der Waals surface area contributed by atoms with Crippen LogP contribution in [0.15, 0.2) is 0 Å². The zero-order chi connectivity index (χ0) is 15.4. The lowest BCUT2D eigenvalue weighted by Gasteiger charge is -2.04. The minimum absolute atomic E-state index is 0.0372. The Morgan fingerprint density at radius 1 is 1.33 bits per heavy atom. The van der Waals surface area contributed by atoms with Crippen LogP contribution in [0.3, 0.4) is 0 Å². The smallest absolute Gasteiger partial charge is 0.220 e. The number of carbonyl (C=O) groups excluding carboxylic acids is 1. The van der Waals surface area contributed by atoms with E-state index < -0.39 is 0 Å².